The second-order valence-corrected chi connectivity index (χ2v) is 10.6. The number of anilines is 1. The van der Waals surface area contributed by atoms with Gasteiger partial charge >= 0.3 is 0 Å². The van der Waals surface area contributed by atoms with Gasteiger partial charge in [-0.2, -0.15) is 0 Å². The SMILES string of the molecule is CCN1c2cc(C)c(/C=C3\SC(=Nc4ccccc4)N(CCCOC)C3=O)cc2C(C)=CC1(C)C. The lowest BCUT2D eigenvalue weighted by molar-refractivity contribution is -0.122. The highest BCUT2D eigenvalue weighted by molar-refractivity contribution is 8.18. The summed E-state index contributed by atoms with van der Waals surface area (Å²) in [6.07, 6.45) is 5.12. The summed E-state index contributed by atoms with van der Waals surface area (Å²) >= 11 is 1.45. The minimum absolute atomic E-state index is 0.00138. The molecule has 2 aliphatic rings. The Bertz CT molecular complexity index is 1200. The number of hydrogen-bond acceptors (Lipinski definition) is 5. The van der Waals surface area contributed by atoms with Crippen LogP contribution in [0.5, 0.6) is 0 Å². The van der Waals surface area contributed by atoms with Crippen LogP contribution in [0.25, 0.3) is 11.6 Å². The Balaban J connectivity index is 1.72. The first-order valence-electron chi connectivity index (χ1n) is 12.2. The molecule has 0 spiro atoms. The van der Waals surface area contributed by atoms with Gasteiger partial charge in [-0.05, 0) is 99.8 Å². The number of carbonyl (C=O) groups excluding carboxylic acids is 1. The molecule has 0 unspecified atom stereocenters. The maximum absolute atomic E-state index is 13.4. The van der Waals surface area contributed by atoms with Crippen molar-refractivity contribution in [3.8, 4) is 0 Å². The number of ether oxygens (including phenoxy) is 1. The van der Waals surface area contributed by atoms with E-state index in [0.717, 1.165) is 29.8 Å². The fraction of sp³-hybridized carbons (Fsp3) is 0.379. The molecule has 2 aliphatic heterocycles. The first-order valence-corrected chi connectivity index (χ1v) is 13.0. The Morgan fingerprint density at radius 2 is 1.89 bits per heavy atom. The molecule has 2 heterocycles. The Hall–Kier alpha value is -2.83. The summed E-state index contributed by atoms with van der Waals surface area (Å²) in [5.74, 6) is 0.00138. The number of amidine groups is 1. The van der Waals surface area contributed by atoms with Crippen molar-refractivity contribution in [3.63, 3.8) is 0 Å². The number of nitrogens with zero attached hydrogens (tertiary/aromatic N) is 3. The largest absolute Gasteiger partial charge is 0.385 e. The molecule has 6 heteroatoms. The number of thioether (sulfide) groups is 1. The fourth-order valence-corrected chi connectivity index (χ4v) is 5.90. The minimum Gasteiger partial charge on any atom is -0.385 e. The van der Waals surface area contributed by atoms with E-state index in [0.29, 0.717) is 23.2 Å². The average Bonchev–Trinajstić information content (AvgIpc) is 3.09. The molecule has 184 valence electrons. The third-order valence-corrected chi connectivity index (χ3v) is 7.57. The lowest BCUT2D eigenvalue weighted by atomic mass is 9.87. The molecule has 0 aromatic heterocycles. The molecule has 0 radical (unpaired) electrons. The van der Waals surface area contributed by atoms with Crippen LogP contribution in [0.3, 0.4) is 0 Å². The predicted octanol–water partition coefficient (Wildman–Crippen LogP) is 6.66. The van der Waals surface area contributed by atoms with Crippen LogP contribution < -0.4 is 4.90 Å². The van der Waals surface area contributed by atoms with Gasteiger partial charge in [0.1, 0.15) is 0 Å². The molecule has 0 aliphatic carbocycles. The maximum Gasteiger partial charge on any atom is 0.266 e. The summed E-state index contributed by atoms with van der Waals surface area (Å²) in [5.41, 5.74) is 6.81. The van der Waals surface area contributed by atoms with Crippen LogP contribution in [0, 0.1) is 6.92 Å². The zero-order valence-electron chi connectivity index (χ0n) is 21.6. The smallest absolute Gasteiger partial charge is 0.266 e. The molecule has 0 bridgehead atoms. The number of aryl methyl sites for hydroxylation is 1. The summed E-state index contributed by atoms with van der Waals surface area (Å²) in [6, 6.07) is 14.3. The maximum atomic E-state index is 13.4. The zero-order chi connectivity index (χ0) is 25.2. The van der Waals surface area contributed by atoms with E-state index in [1.807, 2.05) is 36.4 Å². The molecule has 4 rings (SSSR count). The minimum atomic E-state index is -0.0268. The Labute approximate surface area is 213 Å². The molecule has 5 nitrogen and oxygen atoms in total. The zero-order valence-corrected chi connectivity index (χ0v) is 22.4. The van der Waals surface area contributed by atoms with E-state index < -0.39 is 0 Å². The number of carbonyl (C=O) groups is 1. The van der Waals surface area contributed by atoms with Crippen LogP contribution >= 0.6 is 11.8 Å². The number of amides is 1. The number of aliphatic imine (C=N–C) groups is 1. The molecular formula is C29H35N3O2S. The van der Waals surface area contributed by atoms with Crippen LogP contribution in [0.1, 0.15) is 50.8 Å². The number of benzene rings is 2. The van der Waals surface area contributed by atoms with Crippen LogP contribution in [-0.4, -0.2) is 48.3 Å². The van der Waals surface area contributed by atoms with Crippen molar-refractivity contribution in [3.05, 3.63) is 70.1 Å². The van der Waals surface area contributed by atoms with Crippen LogP contribution in [0.2, 0.25) is 0 Å². The number of hydrogen-bond donors (Lipinski definition) is 0. The van der Waals surface area contributed by atoms with E-state index in [-0.39, 0.29) is 11.4 Å². The van der Waals surface area contributed by atoms with Crippen molar-refractivity contribution >= 4 is 45.9 Å². The summed E-state index contributed by atoms with van der Waals surface area (Å²) in [4.78, 5) is 23.2. The van der Waals surface area contributed by atoms with Crippen LogP contribution in [-0.2, 0) is 9.53 Å². The normalized spacial score (nSPS) is 19.5. The fourth-order valence-electron chi connectivity index (χ4n) is 4.89. The molecule has 35 heavy (non-hydrogen) atoms. The number of para-hydroxylation sites is 1. The Morgan fingerprint density at radius 3 is 2.57 bits per heavy atom. The first kappa shape index (κ1) is 25.3. The van der Waals surface area contributed by atoms with Gasteiger partial charge in [-0.15, -0.1) is 0 Å². The molecule has 0 saturated carbocycles. The molecule has 1 saturated heterocycles. The van der Waals surface area contributed by atoms with Crippen molar-refractivity contribution in [1.82, 2.24) is 4.90 Å². The van der Waals surface area contributed by atoms with Gasteiger partial charge in [0, 0.05) is 38.1 Å². The lowest BCUT2D eigenvalue weighted by Crippen LogP contribution is -2.44. The molecular weight excluding hydrogens is 454 g/mol. The van der Waals surface area contributed by atoms with E-state index >= 15 is 0 Å². The topological polar surface area (TPSA) is 45.1 Å². The highest BCUT2D eigenvalue weighted by Crippen LogP contribution is 2.41. The number of rotatable bonds is 7. The first-order chi connectivity index (χ1) is 16.7. The van der Waals surface area contributed by atoms with E-state index in [1.165, 1.54) is 28.6 Å². The van der Waals surface area contributed by atoms with Crippen LogP contribution in [0.4, 0.5) is 11.4 Å². The van der Waals surface area contributed by atoms with Gasteiger partial charge in [0.2, 0.25) is 0 Å². The molecule has 2 aromatic carbocycles. The summed E-state index contributed by atoms with van der Waals surface area (Å²) in [7, 11) is 1.68. The predicted molar refractivity (Wildman–Crippen MR) is 149 cm³/mol. The van der Waals surface area contributed by atoms with Gasteiger partial charge in [-0.1, -0.05) is 24.3 Å². The monoisotopic (exact) mass is 489 g/mol. The number of fused-ring (bicyclic) bond motifs is 1. The quantitative estimate of drug-likeness (QED) is 0.322. The molecule has 1 fully saturated rings. The van der Waals surface area contributed by atoms with Crippen molar-refractivity contribution in [2.45, 2.75) is 46.6 Å². The Morgan fingerprint density at radius 1 is 1.14 bits per heavy atom. The highest BCUT2D eigenvalue weighted by Gasteiger charge is 2.34. The van der Waals surface area contributed by atoms with Gasteiger partial charge in [-0.25, -0.2) is 4.99 Å². The second kappa shape index (κ2) is 10.4. The molecule has 2 aromatic rings. The van der Waals surface area contributed by atoms with Gasteiger partial charge in [0.05, 0.1) is 16.1 Å². The number of allylic oxidation sites excluding steroid dienone is 1. The summed E-state index contributed by atoms with van der Waals surface area (Å²) in [6.45, 7) is 13.1. The van der Waals surface area contributed by atoms with E-state index in [4.69, 9.17) is 9.73 Å². The van der Waals surface area contributed by atoms with Crippen molar-refractivity contribution in [2.75, 3.05) is 31.7 Å². The molecule has 0 N–H and O–H groups in total. The van der Waals surface area contributed by atoms with Gasteiger partial charge < -0.3 is 9.64 Å². The van der Waals surface area contributed by atoms with E-state index in [2.05, 4.69) is 57.7 Å². The van der Waals surface area contributed by atoms with Crippen molar-refractivity contribution in [2.24, 2.45) is 4.99 Å². The van der Waals surface area contributed by atoms with Gasteiger partial charge in [0.25, 0.3) is 5.91 Å². The van der Waals surface area contributed by atoms with Gasteiger partial charge in [0.15, 0.2) is 5.17 Å². The summed E-state index contributed by atoms with van der Waals surface area (Å²) in [5, 5.41) is 0.717. The third-order valence-electron chi connectivity index (χ3n) is 6.57. The summed E-state index contributed by atoms with van der Waals surface area (Å²) < 4.78 is 5.22. The lowest BCUT2D eigenvalue weighted by Gasteiger charge is -2.43. The molecule has 0 atom stereocenters. The third kappa shape index (κ3) is 5.24. The molecule has 1 amide bonds. The average molecular weight is 490 g/mol. The number of methoxy groups -OCH3 is 1. The van der Waals surface area contributed by atoms with Crippen molar-refractivity contribution in [1.29, 1.82) is 0 Å². The van der Waals surface area contributed by atoms with E-state index in [9.17, 15) is 4.79 Å². The highest BCUT2D eigenvalue weighted by atomic mass is 32.2. The Kier molecular flexibility index (Phi) is 7.53. The second-order valence-electron chi connectivity index (χ2n) is 9.59. The van der Waals surface area contributed by atoms with Crippen LogP contribution in [0.15, 0.2) is 58.4 Å². The number of likely N-dealkylation sites (N-methyl/N-ethyl adjacent to an activating group) is 1. The van der Waals surface area contributed by atoms with Crippen molar-refractivity contribution < 1.29 is 9.53 Å². The van der Waals surface area contributed by atoms with Gasteiger partial charge in [-0.3, -0.25) is 9.69 Å². The standard InChI is InChI=1S/C29H35N3O2S/c1-7-32-25-16-20(2)22(17-24(25)21(3)19-29(32,4)5)18-26-27(33)31(14-11-15-34-6)28(35-26)30-23-12-9-8-10-13-23/h8-10,12-13,16-19H,7,11,14-15H2,1-6H3/b26-18-,30-28?. The van der Waals surface area contributed by atoms with E-state index in [1.54, 1.807) is 12.0 Å².